The second-order valence-corrected chi connectivity index (χ2v) is 13.2. The minimum Gasteiger partial charge on any atom is -0.504 e. The molecule has 5 rings (SSSR count). The van der Waals surface area contributed by atoms with Gasteiger partial charge in [0.1, 0.15) is 31.0 Å². The van der Waals surface area contributed by atoms with Gasteiger partial charge in [-0.25, -0.2) is 9.59 Å². The van der Waals surface area contributed by atoms with Gasteiger partial charge in [0.05, 0.1) is 38.1 Å². The maximum Gasteiger partial charge on any atom is 0.337 e. The Morgan fingerprint density at radius 3 is 2.00 bits per heavy atom. The van der Waals surface area contributed by atoms with E-state index in [1.807, 2.05) is 6.07 Å². The summed E-state index contributed by atoms with van der Waals surface area (Å²) in [7, 11) is 0. The van der Waals surface area contributed by atoms with Gasteiger partial charge in [-0.3, -0.25) is 4.79 Å². The van der Waals surface area contributed by atoms with Crippen molar-refractivity contribution in [3.05, 3.63) is 113 Å². The summed E-state index contributed by atoms with van der Waals surface area (Å²) >= 11 is 0. The lowest BCUT2D eigenvalue weighted by Gasteiger charge is -2.42. The molecule has 0 amide bonds. The number of aliphatic hydroxyl groups excluding tert-OH is 4. The Bertz CT molecular complexity index is 1970. The molecule has 17 nitrogen and oxygen atoms in total. The normalized spacial score (nSPS) is 23.8. The number of carbonyl (C=O) groups is 3. The van der Waals surface area contributed by atoms with E-state index in [-0.39, 0.29) is 60.2 Å². The SMILES string of the molecule is O=C(/C=C/c1ccccc1)OC/C=C1\[C@H](O[C@@H]2O[C@H](CO)[C@@H](O)[C@H](O)[C@H]2O)OC=C(C(=O)OCCc2ccc(O)c(O)c2)[C@@H]1CC(=O)OCCc1ccc(O)c(O)c1. The average Bonchev–Trinajstić information content (AvgIpc) is 3.21. The van der Waals surface area contributed by atoms with E-state index >= 15 is 0 Å². The minimum atomic E-state index is -1.86. The zero-order chi connectivity index (χ0) is 41.8. The molecule has 17 heteroatoms. The lowest BCUT2D eigenvalue weighted by atomic mass is 9.86. The monoisotopic (exact) mass is 808 g/mol. The molecule has 3 aromatic carbocycles. The molecule has 0 saturated carbocycles. The van der Waals surface area contributed by atoms with Gasteiger partial charge in [0.15, 0.2) is 29.3 Å². The maximum atomic E-state index is 13.6. The Labute approximate surface area is 331 Å². The first kappa shape index (κ1) is 43.2. The number of hydrogen-bond donors (Lipinski definition) is 8. The highest BCUT2D eigenvalue weighted by Gasteiger charge is 2.47. The van der Waals surface area contributed by atoms with Gasteiger partial charge < -0.3 is 69.3 Å². The molecule has 0 bridgehead atoms. The smallest absolute Gasteiger partial charge is 0.337 e. The summed E-state index contributed by atoms with van der Waals surface area (Å²) in [5, 5.41) is 80.0. The van der Waals surface area contributed by atoms with Gasteiger partial charge in [0.2, 0.25) is 6.29 Å². The van der Waals surface area contributed by atoms with Crippen molar-refractivity contribution in [2.24, 2.45) is 5.92 Å². The summed E-state index contributed by atoms with van der Waals surface area (Å²) in [5.41, 5.74) is 1.58. The Hall–Kier alpha value is -5.95. The zero-order valence-corrected chi connectivity index (χ0v) is 30.9. The molecule has 0 aliphatic carbocycles. The molecule has 0 aromatic heterocycles. The molecule has 58 heavy (non-hydrogen) atoms. The molecule has 2 aliphatic heterocycles. The van der Waals surface area contributed by atoms with Crippen molar-refractivity contribution in [2.75, 3.05) is 26.4 Å². The number of rotatable bonds is 16. The predicted molar refractivity (Wildman–Crippen MR) is 199 cm³/mol. The lowest BCUT2D eigenvalue weighted by Crippen LogP contribution is -2.60. The van der Waals surface area contributed by atoms with Crippen LogP contribution < -0.4 is 0 Å². The number of aromatic hydroxyl groups is 4. The second-order valence-electron chi connectivity index (χ2n) is 13.2. The zero-order valence-electron chi connectivity index (χ0n) is 30.9. The topological polar surface area (TPSA) is 268 Å². The van der Waals surface area contributed by atoms with Gasteiger partial charge in [-0.15, -0.1) is 0 Å². The van der Waals surface area contributed by atoms with Gasteiger partial charge in [-0.05, 0) is 53.1 Å². The molecule has 1 saturated heterocycles. The summed E-state index contributed by atoms with van der Waals surface area (Å²) in [6, 6.07) is 17.1. The quantitative estimate of drug-likeness (QED) is 0.0336. The third kappa shape index (κ3) is 11.6. The summed E-state index contributed by atoms with van der Waals surface area (Å²) in [6.45, 7) is -1.60. The van der Waals surface area contributed by atoms with Crippen LogP contribution in [0.1, 0.15) is 23.1 Å². The molecule has 3 aromatic rings. The highest BCUT2D eigenvalue weighted by molar-refractivity contribution is 5.91. The van der Waals surface area contributed by atoms with E-state index in [2.05, 4.69) is 0 Å². The van der Waals surface area contributed by atoms with E-state index in [0.29, 0.717) is 11.1 Å². The Morgan fingerprint density at radius 1 is 0.741 bits per heavy atom. The van der Waals surface area contributed by atoms with Crippen LogP contribution in [0.2, 0.25) is 0 Å². The predicted octanol–water partition coefficient (Wildman–Crippen LogP) is 1.63. The molecular weight excluding hydrogens is 764 g/mol. The Morgan fingerprint density at radius 2 is 1.38 bits per heavy atom. The number of phenols is 4. The van der Waals surface area contributed by atoms with Crippen molar-refractivity contribution in [2.45, 2.75) is 56.3 Å². The van der Waals surface area contributed by atoms with Crippen LogP contribution in [0, 0.1) is 5.92 Å². The Kier molecular flexibility index (Phi) is 15.2. The number of carbonyl (C=O) groups excluding carboxylic acids is 3. The molecule has 1 fully saturated rings. The molecule has 0 unspecified atom stereocenters. The van der Waals surface area contributed by atoms with Crippen molar-refractivity contribution in [3.63, 3.8) is 0 Å². The summed E-state index contributed by atoms with van der Waals surface area (Å²) in [4.78, 5) is 39.7. The fourth-order valence-electron chi connectivity index (χ4n) is 6.01. The molecule has 8 N–H and O–H groups in total. The minimum absolute atomic E-state index is 0.00453. The number of phenolic OH excluding ortho intramolecular Hbond substituents is 4. The van der Waals surface area contributed by atoms with E-state index in [1.165, 1.54) is 54.6 Å². The van der Waals surface area contributed by atoms with Gasteiger partial charge in [0.25, 0.3) is 0 Å². The van der Waals surface area contributed by atoms with Crippen LogP contribution in [0.4, 0.5) is 0 Å². The Balaban J connectivity index is 1.40. The first-order valence-corrected chi connectivity index (χ1v) is 18.1. The van der Waals surface area contributed by atoms with Crippen LogP contribution in [-0.2, 0) is 55.6 Å². The third-order valence-electron chi connectivity index (χ3n) is 9.19. The standard InChI is InChI=1S/C41H44O17/c42-21-33-36(49)37(50)38(51)41(57-33)58-40-26(14-17-53-34(47)11-8-23-4-2-1-3-5-23)27(20-35(48)54-15-12-24-6-9-29(43)31(45)18-24)28(22-56-40)39(52)55-16-13-25-7-10-30(44)32(46)19-25/h1-11,14,18-19,22,27,33,36-38,40-46,49-51H,12-13,15-17,20-21H2/b11-8+,26-14-/t27-,33-,36-,37+,38-,40+,41+/m1/s1. The van der Waals surface area contributed by atoms with Gasteiger partial charge in [0, 0.05) is 30.4 Å². The van der Waals surface area contributed by atoms with Gasteiger partial charge in [-0.1, -0.05) is 42.5 Å². The van der Waals surface area contributed by atoms with Crippen LogP contribution in [0.15, 0.2) is 96.3 Å². The van der Waals surface area contributed by atoms with Gasteiger partial charge >= 0.3 is 17.9 Å². The lowest BCUT2D eigenvalue weighted by molar-refractivity contribution is -0.327. The molecule has 0 radical (unpaired) electrons. The number of aliphatic hydroxyl groups is 4. The highest BCUT2D eigenvalue weighted by atomic mass is 16.8. The van der Waals surface area contributed by atoms with Crippen LogP contribution in [0.25, 0.3) is 6.08 Å². The maximum absolute atomic E-state index is 13.6. The first-order valence-electron chi connectivity index (χ1n) is 18.1. The highest BCUT2D eigenvalue weighted by Crippen LogP contribution is 2.37. The summed E-state index contributed by atoms with van der Waals surface area (Å²) in [5.74, 6) is -5.17. The average molecular weight is 809 g/mol. The fourth-order valence-corrected chi connectivity index (χ4v) is 6.01. The molecular formula is C41H44O17. The number of ether oxygens (including phenoxy) is 6. The summed E-state index contributed by atoms with van der Waals surface area (Å²) < 4.78 is 33.5. The van der Waals surface area contributed by atoms with Gasteiger partial charge in [-0.2, -0.15) is 0 Å². The van der Waals surface area contributed by atoms with E-state index in [0.717, 1.165) is 11.8 Å². The first-order chi connectivity index (χ1) is 27.8. The van der Waals surface area contributed by atoms with Crippen molar-refractivity contribution in [1.82, 2.24) is 0 Å². The van der Waals surface area contributed by atoms with E-state index in [9.17, 15) is 55.2 Å². The molecule has 7 atom stereocenters. The number of benzene rings is 3. The molecule has 0 spiro atoms. The second kappa shape index (κ2) is 20.5. The molecule has 310 valence electrons. The fraction of sp³-hybridized carbons (Fsp3) is 0.341. The van der Waals surface area contributed by atoms with Crippen molar-refractivity contribution in [1.29, 1.82) is 0 Å². The van der Waals surface area contributed by atoms with E-state index in [4.69, 9.17) is 28.4 Å². The van der Waals surface area contributed by atoms with Crippen molar-refractivity contribution >= 4 is 24.0 Å². The molecule has 2 aliphatic rings. The van der Waals surface area contributed by atoms with E-state index in [1.54, 1.807) is 24.3 Å². The van der Waals surface area contributed by atoms with Crippen LogP contribution in [0.3, 0.4) is 0 Å². The van der Waals surface area contributed by atoms with Crippen molar-refractivity contribution < 1.29 is 83.7 Å². The summed E-state index contributed by atoms with van der Waals surface area (Å²) in [6.07, 6.45) is -5.35. The largest absolute Gasteiger partial charge is 0.504 e. The number of hydrogen-bond acceptors (Lipinski definition) is 17. The van der Waals surface area contributed by atoms with Crippen LogP contribution in [-0.4, -0.2) is 122 Å². The van der Waals surface area contributed by atoms with Crippen LogP contribution >= 0.6 is 0 Å². The number of esters is 3. The third-order valence-corrected chi connectivity index (χ3v) is 9.19. The molecule has 2 heterocycles. The van der Waals surface area contributed by atoms with Crippen LogP contribution in [0.5, 0.6) is 23.0 Å². The van der Waals surface area contributed by atoms with E-state index < -0.39 is 80.5 Å². The van der Waals surface area contributed by atoms with Crippen molar-refractivity contribution in [3.8, 4) is 23.0 Å².